The number of ether oxygens (including phenoxy) is 3. The number of methoxy groups -OCH3 is 3. The van der Waals surface area contributed by atoms with Gasteiger partial charge in [0.05, 0.1) is 40.0 Å². The molecule has 224 valence electrons. The van der Waals surface area contributed by atoms with E-state index < -0.39 is 5.54 Å². The van der Waals surface area contributed by atoms with Gasteiger partial charge in [0, 0.05) is 17.4 Å². The SMILES string of the molecule is C#CCN1C(=O)N(C(c2ccccc2)(c2ccc(OC)cc2)c2ccc(OC)cc2)[C@H]2CS[C@@H](CCCCC(=O)OC)[C@H]21. The summed E-state index contributed by atoms with van der Waals surface area (Å²) in [5, 5.41) is 0.199. The smallest absolute Gasteiger partial charge is 0.322 e. The summed E-state index contributed by atoms with van der Waals surface area (Å²) < 4.78 is 15.8. The topological polar surface area (TPSA) is 68.3 Å². The molecule has 7 nitrogen and oxygen atoms in total. The Balaban J connectivity index is 1.65. The van der Waals surface area contributed by atoms with Crippen LogP contribution in [-0.4, -0.2) is 72.8 Å². The van der Waals surface area contributed by atoms with Gasteiger partial charge in [-0.3, -0.25) is 4.79 Å². The number of hydrogen-bond acceptors (Lipinski definition) is 6. The molecular weight excluding hydrogens is 560 g/mol. The van der Waals surface area contributed by atoms with E-state index in [0.29, 0.717) is 6.42 Å². The highest BCUT2D eigenvalue weighted by Gasteiger charge is 2.60. The van der Waals surface area contributed by atoms with Crippen molar-refractivity contribution >= 4 is 23.8 Å². The molecular formula is C35H38N2O5S. The average molecular weight is 599 g/mol. The number of hydrogen-bond donors (Lipinski definition) is 0. The summed E-state index contributed by atoms with van der Waals surface area (Å²) in [4.78, 5) is 30.4. The van der Waals surface area contributed by atoms with Crippen molar-refractivity contribution in [1.29, 1.82) is 0 Å². The van der Waals surface area contributed by atoms with Crippen LogP contribution >= 0.6 is 11.8 Å². The molecule has 43 heavy (non-hydrogen) atoms. The third-order valence-electron chi connectivity index (χ3n) is 8.58. The third-order valence-corrected chi connectivity index (χ3v) is 10.1. The highest BCUT2D eigenvalue weighted by molar-refractivity contribution is 8.00. The van der Waals surface area contributed by atoms with Crippen molar-refractivity contribution in [2.45, 2.75) is 48.6 Å². The molecule has 0 bridgehead atoms. The Morgan fingerprint density at radius 1 is 0.907 bits per heavy atom. The first-order valence-corrected chi connectivity index (χ1v) is 15.6. The Kier molecular flexibility index (Phi) is 9.52. The number of thioether (sulfide) groups is 1. The standard InChI is InChI=1S/C35H38N2O5S/c1-5-23-36-33-30(24-43-31(33)13-9-10-14-32(38)42-4)37(34(36)39)35(25-11-7-6-8-12-25,26-15-19-28(40-2)20-16-26)27-17-21-29(41-3)22-18-27/h1,6-8,11-12,15-22,30-31,33H,9-10,13-14,23-24H2,2-4H3/t30-,31-,33-/m0/s1. The minimum atomic E-state index is -0.955. The molecule has 0 radical (unpaired) electrons. The van der Waals surface area contributed by atoms with E-state index in [2.05, 4.69) is 47.2 Å². The van der Waals surface area contributed by atoms with E-state index in [1.807, 2.05) is 59.1 Å². The molecule has 2 amide bonds. The predicted octanol–water partition coefficient (Wildman–Crippen LogP) is 5.95. The molecule has 2 heterocycles. The van der Waals surface area contributed by atoms with Crippen LogP contribution in [0, 0.1) is 12.3 Å². The van der Waals surface area contributed by atoms with Crippen molar-refractivity contribution in [3.8, 4) is 23.8 Å². The first-order chi connectivity index (χ1) is 21.0. The molecule has 0 saturated carbocycles. The fraction of sp³-hybridized carbons (Fsp3) is 0.371. The van der Waals surface area contributed by atoms with Crippen molar-refractivity contribution in [2.75, 3.05) is 33.6 Å². The van der Waals surface area contributed by atoms with E-state index in [-0.39, 0.29) is 35.9 Å². The summed E-state index contributed by atoms with van der Waals surface area (Å²) in [6.45, 7) is 0.228. The Morgan fingerprint density at radius 3 is 2.02 bits per heavy atom. The number of rotatable bonds is 12. The van der Waals surface area contributed by atoms with Crippen LogP contribution < -0.4 is 9.47 Å². The summed E-state index contributed by atoms with van der Waals surface area (Å²) >= 11 is 1.89. The monoisotopic (exact) mass is 598 g/mol. The first kappa shape index (κ1) is 30.4. The molecule has 0 unspecified atom stereocenters. The van der Waals surface area contributed by atoms with Crippen LogP contribution in [0.3, 0.4) is 0 Å². The van der Waals surface area contributed by atoms with Crippen molar-refractivity contribution in [1.82, 2.24) is 9.80 Å². The highest BCUT2D eigenvalue weighted by Crippen LogP contribution is 2.52. The number of urea groups is 1. The second-order valence-corrected chi connectivity index (χ2v) is 12.0. The summed E-state index contributed by atoms with van der Waals surface area (Å²) in [6.07, 6.45) is 8.77. The fourth-order valence-corrected chi connectivity index (χ4v) is 8.26. The van der Waals surface area contributed by atoms with Gasteiger partial charge in [-0.25, -0.2) is 4.79 Å². The molecule has 2 saturated heterocycles. The van der Waals surface area contributed by atoms with Crippen molar-refractivity contribution in [3.05, 3.63) is 95.6 Å². The summed E-state index contributed by atoms with van der Waals surface area (Å²) in [6, 6.07) is 25.9. The molecule has 8 heteroatoms. The van der Waals surface area contributed by atoms with E-state index in [9.17, 15) is 9.59 Å². The minimum absolute atomic E-state index is 0.0636. The summed E-state index contributed by atoms with van der Waals surface area (Å²) in [5.41, 5.74) is 1.92. The lowest BCUT2D eigenvalue weighted by atomic mass is 9.74. The van der Waals surface area contributed by atoms with Crippen LogP contribution in [0.25, 0.3) is 0 Å². The van der Waals surface area contributed by atoms with Crippen LogP contribution in [-0.2, 0) is 15.1 Å². The lowest BCUT2D eigenvalue weighted by Crippen LogP contribution is -2.54. The number of carbonyl (C=O) groups is 2. The minimum Gasteiger partial charge on any atom is -0.497 e. The van der Waals surface area contributed by atoms with Gasteiger partial charge in [0.1, 0.15) is 17.0 Å². The number of nitrogens with zero attached hydrogens (tertiary/aromatic N) is 2. The molecule has 0 spiro atoms. The molecule has 0 aliphatic carbocycles. The second-order valence-electron chi connectivity index (χ2n) is 10.8. The lowest BCUT2D eigenvalue weighted by Gasteiger charge is -2.45. The van der Waals surface area contributed by atoms with Gasteiger partial charge in [0.25, 0.3) is 0 Å². The molecule has 2 aliphatic rings. The van der Waals surface area contributed by atoms with E-state index in [1.54, 1.807) is 14.2 Å². The van der Waals surface area contributed by atoms with Gasteiger partial charge in [-0.15, -0.1) is 6.42 Å². The Morgan fingerprint density at radius 2 is 1.49 bits per heavy atom. The van der Waals surface area contributed by atoms with E-state index in [4.69, 9.17) is 20.6 Å². The van der Waals surface area contributed by atoms with Crippen LogP contribution in [0.15, 0.2) is 78.9 Å². The van der Waals surface area contributed by atoms with Crippen molar-refractivity contribution in [2.24, 2.45) is 0 Å². The maximum absolute atomic E-state index is 14.8. The van der Waals surface area contributed by atoms with Gasteiger partial charge in [-0.2, -0.15) is 11.8 Å². The highest BCUT2D eigenvalue weighted by atomic mass is 32.2. The van der Waals surface area contributed by atoms with Gasteiger partial charge >= 0.3 is 12.0 Å². The van der Waals surface area contributed by atoms with Gasteiger partial charge in [-0.05, 0) is 53.8 Å². The number of amides is 2. The zero-order valence-electron chi connectivity index (χ0n) is 24.9. The molecule has 3 atom stereocenters. The lowest BCUT2D eigenvalue weighted by molar-refractivity contribution is -0.140. The zero-order chi connectivity index (χ0) is 30.4. The normalized spacial score (nSPS) is 19.6. The quantitative estimate of drug-likeness (QED) is 0.0844. The maximum Gasteiger partial charge on any atom is 0.322 e. The fourth-order valence-electron chi connectivity index (χ4n) is 6.61. The van der Waals surface area contributed by atoms with Gasteiger partial charge in [-0.1, -0.05) is 66.9 Å². The van der Waals surface area contributed by atoms with Gasteiger partial charge in [0.2, 0.25) is 0 Å². The molecule has 2 fully saturated rings. The molecule has 0 aromatic heterocycles. The second kappa shape index (κ2) is 13.5. The molecule has 3 aromatic rings. The number of carbonyl (C=O) groups excluding carboxylic acids is 2. The van der Waals surface area contributed by atoms with E-state index in [0.717, 1.165) is 53.2 Å². The Labute approximate surface area is 258 Å². The van der Waals surface area contributed by atoms with Crippen molar-refractivity contribution in [3.63, 3.8) is 0 Å². The zero-order valence-corrected chi connectivity index (χ0v) is 25.7. The van der Waals surface area contributed by atoms with Crippen LogP contribution in [0.2, 0.25) is 0 Å². The predicted molar refractivity (Wildman–Crippen MR) is 169 cm³/mol. The number of esters is 1. The molecule has 2 aliphatic heterocycles. The van der Waals surface area contributed by atoms with E-state index in [1.165, 1.54) is 7.11 Å². The van der Waals surface area contributed by atoms with Crippen LogP contribution in [0.5, 0.6) is 11.5 Å². The molecule has 3 aromatic carbocycles. The summed E-state index contributed by atoms with van der Waals surface area (Å²) in [5.74, 6) is 4.82. The molecule has 0 N–H and O–H groups in total. The Hall–Kier alpha value is -4.09. The number of fused-ring (bicyclic) bond motifs is 1. The van der Waals surface area contributed by atoms with Crippen LogP contribution in [0.1, 0.15) is 42.4 Å². The van der Waals surface area contributed by atoms with E-state index >= 15 is 0 Å². The Bertz CT molecular complexity index is 1390. The summed E-state index contributed by atoms with van der Waals surface area (Å²) in [7, 11) is 4.72. The maximum atomic E-state index is 14.8. The number of unbranched alkanes of at least 4 members (excludes halogenated alkanes) is 1. The van der Waals surface area contributed by atoms with Crippen molar-refractivity contribution < 1.29 is 23.8 Å². The number of benzene rings is 3. The van der Waals surface area contributed by atoms with Crippen LogP contribution in [0.4, 0.5) is 4.79 Å². The molecule has 5 rings (SSSR count). The number of terminal acetylenes is 1. The van der Waals surface area contributed by atoms with Gasteiger partial charge < -0.3 is 24.0 Å². The first-order valence-electron chi connectivity index (χ1n) is 14.6. The van der Waals surface area contributed by atoms with Gasteiger partial charge in [0.15, 0.2) is 0 Å². The largest absolute Gasteiger partial charge is 0.497 e. The third kappa shape index (κ3) is 5.66. The average Bonchev–Trinajstić information content (AvgIpc) is 3.58.